The monoisotopic (exact) mass is 242 g/mol. The summed E-state index contributed by atoms with van der Waals surface area (Å²) in [5, 5.41) is 2.98. The molecule has 86 valence electrons. The van der Waals surface area contributed by atoms with Crippen LogP contribution in [0.1, 0.15) is 19.8 Å². The van der Waals surface area contributed by atoms with Crippen LogP contribution in [0.4, 0.5) is 0 Å². The van der Waals surface area contributed by atoms with Crippen LogP contribution in [0, 0.1) is 5.92 Å². The van der Waals surface area contributed by atoms with E-state index in [0.717, 1.165) is 12.8 Å². The molecule has 1 fully saturated rings. The summed E-state index contributed by atoms with van der Waals surface area (Å²) in [6.07, 6.45) is 2.14. The fourth-order valence-corrected chi connectivity index (χ4v) is 2.58. The van der Waals surface area contributed by atoms with Gasteiger partial charge in [-0.2, -0.15) is 0 Å². The van der Waals surface area contributed by atoms with Crippen LogP contribution in [0.5, 0.6) is 0 Å². The molecule has 0 heterocycles. The predicted molar refractivity (Wildman–Crippen MR) is 60.3 cm³/mol. The zero-order valence-electron chi connectivity index (χ0n) is 8.62. The quantitative estimate of drug-likeness (QED) is 0.707. The van der Waals surface area contributed by atoms with Crippen LogP contribution in [0.25, 0.3) is 0 Å². The molecule has 14 heavy (non-hydrogen) atoms. The molecule has 0 aromatic heterocycles. The summed E-state index contributed by atoms with van der Waals surface area (Å²) < 4.78 is 25.3. The van der Waals surface area contributed by atoms with Crippen LogP contribution >= 0.6 is 12.4 Å². The van der Waals surface area contributed by atoms with E-state index in [9.17, 15) is 8.42 Å². The molecular weight excluding hydrogens is 224 g/mol. The van der Waals surface area contributed by atoms with E-state index in [1.807, 2.05) is 14.0 Å². The maximum atomic E-state index is 11.4. The highest BCUT2D eigenvalue weighted by atomic mass is 35.5. The van der Waals surface area contributed by atoms with E-state index < -0.39 is 10.0 Å². The standard InChI is InChI=1S/C8H18N2O2S.ClH/c1-7(9-2)5-10-13(11,12)6-8-3-4-8;/h7-10H,3-6H2,1-2H3;1H. The molecule has 0 bridgehead atoms. The summed E-state index contributed by atoms with van der Waals surface area (Å²) in [5.74, 6) is 0.728. The first-order valence-corrected chi connectivity index (χ1v) is 6.33. The summed E-state index contributed by atoms with van der Waals surface area (Å²) in [6.45, 7) is 2.42. The van der Waals surface area contributed by atoms with E-state index in [4.69, 9.17) is 0 Å². The molecule has 0 aliphatic heterocycles. The highest BCUT2D eigenvalue weighted by molar-refractivity contribution is 7.89. The van der Waals surface area contributed by atoms with Gasteiger partial charge in [-0.05, 0) is 32.7 Å². The minimum absolute atomic E-state index is 0. The Hall–Kier alpha value is 0.160. The van der Waals surface area contributed by atoms with E-state index in [2.05, 4.69) is 10.0 Å². The van der Waals surface area contributed by atoms with Crippen molar-refractivity contribution < 1.29 is 8.42 Å². The van der Waals surface area contributed by atoms with E-state index in [-0.39, 0.29) is 18.4 Å². The van der Waals surface area contributed by atoms with Crippen LogP contribution in [0.3, 0.4) is 0 Å². The molecular formula is C8H19ClN2O2S. The molecule has 1 atom stereocenters. The highest BCUT2D eigenvalue weighted by Gasteiger charge is 2.27. The van der Waals surface area contributed by atoms with E-state index in [0.29, 0.717) is 18.2 Å². The Bertz CT molecular complexity index is 252. The molecule has 0 saturated heterocycles. The minimum Gasteiger partial charge on any atom is -0.316 e. The molecule has 1 aliphatic carbocycles. The summed E-state index contributed by atoms with van der Waals surface area (Å²) >= 11 is 0. The number of sulfonamides is 1. The van der Waals surface area contributed by atoms with Gasteiger partial charge in [0.2, 0.25) is 10.0 Å². The fraction of sp³-hybridized carbons (Fsp3) is 1.00. The third kappa shape index (κ3) is 5.80. The number of hydrogen-bond donors (Lipinski definition) is 2. The Kier molecular flexibility index (Phi) is 5.97. The van der Waals surface area contributed by atoms with Crippen LogP contribution in [0.2, 0.25) is 0 Å². The molecule has 0 amide bonds. The molecule has 4 nitrogen and oxygen atoms in total. The van der Waals surface area contributed by atoms with Gasteiger partial charge in [0.15, 0.2) is 0 Å². The summed E-state index contributed by atoms with van der Waals surface area (Å²) in [7, 11) is -1.19. The minimum atomic E-state index is -3.01. The van der Waals surface area contributed by atoms with Gasteiger partial charge in [0.05, 0.1) is 5.75 Å². The molecule has 0 aromatic rings. The number of likely N-dealkylation sites (N-methyl/N-ethyl adjacent to an activating group) is 1. The van der Waals surface area contributed by atoms with Gasteiger partial charge < -0.3 is 5.32 Å². The van der Waals surface area contributed by atoms with E-state index >= 15 is 0 Å². The van der Waals surface area contributed by atoms with Gasteiger partial charge >= 0.3 is 0 Å². The lowest BCUT2D eigenvalue weighted by Gasteiger charge is -2.11. The van der Waals surface area contributed by atoms with Gasteiger partial charge in [-0.25, -0.2) is 13.1 Å². The Labute approximate surface area is 92.3 Å². The van der Waals surface area contributed by atoms with E-state index in [1.54, 1.807) is 0 Å². The molecule has 1 unspecified atom stereocenters. The number of halogens is 1. The summed E-state index contributed by atoms with van der Waals surface area (Å²) in [6, 6.07) is 0.189. The second kappa shape index (κ2) is 5.90. The molecule has 0 radical (unpaired) electrons. The Balaban J connectivity index is 0.00000169. The zero-order chi connectivity index (χ0) is 9.90. The average Bonchev–Trinajstić information content (AvgIpc) is 2.83. The normalized spacial score (nSPS) is 18.7. The van der Waals surface area contributed by atoms with Crippen molar-refractivity contribution in [2.24, 2.45) is 5.92 Å². The number of nitrogens with one attached hydrogen (secondary N) is 2. The Morgan fingerprint density at radius 1 is 1.43 bits per heavy atom. The molecule has 1 saturated carbocycles. The Morgan fingerprint density at radius 2 is 2.00 bits per heavy atom. The maximum absolute atomic E-state index is 11.4. The fourth-order valence-electron chi connectivity index (χ4n) is 1.01. The SMILES string of the molecule is CNC(C)CNS(=O)(=O)CC1CC1.Cl. The first kappa shape index (κ1) is 14.2. The smallest absolute Gasteiger partial charge is 0.211 e. The first-order chi connectivity index (χ1) is 6.03. The molecule has 0 spiro atoms. The average molecular weight is 243 g/mol. The summed E-state index contributed by atoms with van der Waals surface area (Å²) in [4.78, 5) is 0. The highest BCUT2D eigenvalue weighted by Crippen LogP contribution is 2.29. The van der Waals surface area contributed by atoms with Crippen molar-refractivity contribution >= 4 is 22.4 Å². The largest absolute Gasteiger partial charge is 0.316 e. The molecule has 1 aliphatic rings. The lowest BCUT2D eigenvalue weighted by atomic mass is 10.4. The third-order valence-corrected chi connectivity index (χ3v) is 3.77. The molecule has 2 N–H and O–H groups in total. The van der Waals surface area contributed by atoms with Crippen molar-refractivity contribution in [1.82, 2.24) is 10.0 Å². The Morgan fingerprint density at radius 3 is 2.43 bits per heavy atom. The number of hydrogen-bond acceptors (Lipinski definition) is 3. The van der Waals surface area contributed by atoms with Gasteiger partial charge in [-0.3, -0.25) is 0 Å². The van der Waals surface area contributed by atoms with Crippen molar-refractivity contribution in [3.63, 3.8) is 0 Å². The lowest BCUT2D eigenvalue weighted by Crippen LogP contribution is -2.38. The molecule has 6 heteroatoms. The van der Waals surface area contributed by atoms with Crippen LogP contribution in [-0.2, 0) is 10.0 Å². The summed E-state index contributed by atoms with van der Waals surface area (Å²) in [5.41, 5.74) is 0. The van der Waals surface area contributed by atoms with Crippen LogP contribution in [0.15, 0.2) is 0 Å². The van der Waals surface area contributed by atoms with Gasteiger partial charge in [0.25, 0.3) is 0 Å². The van der Waals surface area contributed by atoms with Crippen molar-refractivity contribution in [1.29, 1.82) is 0 Å². The van der Waals surface area contributed by atoms with Gasteiger partial charge in [0.1, 0.15) is 0 Å². The van der Waals surface area contributed by atoms with Crippen molar-refractivity contribution in [2.75, 3.05) is 19.3 Å². The lowest BCUT2D eigenvalue weighted by molar-refractivity contribution is 0.552. The van der Waals surface area contributed by atoms with Gasteiger partial charge in [-0.1, -0.05) is 0 Å². The number of rotatable bonds is 6. The van der Waals surface area contributed by atoms with Crippen LogP contribution < -0.4 is 10.0 Å². The van der Waals surface area contributed by atoms with Crippen molar-refractivity contribution in [3.8, 4) is 0 Å². The third-order valence-electron chi connectivity index (χ3n) is 2.25. The predicted octanol–water partition coefficient (Wildman–Crippen LogP) is 0.345. The van der Waals surface area contributed by atoms with Crippen molar-refractivity contribution in [2.45, 2.75) is 25.8 Å². The second-order valence-electron chi connectivity index (χ2n) is 3.76. The van der Waals surface area contributed by atoms with Gasteiger partial charge in [-0.15, -0.1) is 12.4 Å². The zero-order valence-corrected chi connectivity index (χ0v) is 10.2. The van der Waals surface area contributed by atoms with E-state index in [1.165, 1.54) is 0 Å². The topological polar surface area (TPSA) is 58.2 Å². The first-order valence-electron chi connectivity index (χ1n) is 4.68. The molecule has 0 aromatic carbocycles. The molecule has 1 rings (SSSR count). The maximum Gasteiger partial charge on any atom is 0.211 e. The van der Waals surface area contributed by atoms with Crippen molar-refractivity contribution in [3.05, 3.63) is 0 Å². The van der Waals surface area contributed by atoms with Crippen LogP contribution in [-0.4, -0.2) is 33.8 Å². The second-order valence-corrected chi connectivity index (χ2v) is 5.61. The van der Waals surface area contributed by atoms with Gasteiger partial charge in [0, 0.05) is 12.6 Å².